The lowest BCUT2D eigenvalue weighted by atomic mass is 9.75. The lowest BCUT2D eigenvalue weighted by Crippen LogP contribution is -2.59. The standard InChI is InChI=1S/C20H32N2O4/c1-19(21(6-15-10-23-15)7-16-11-24-16)4-3-5-20(2,14-19)22(8-17-12-25-17)9-18-13-26-18/h3-4,15-18H,5-14H2,1-2H3. The monoisotopic (exact) mass is 364 g/mol. The second kappa shape index (κ2) is 6.54. The van der Waals surface area contributed by atoms with Crippen molar-refractivity contribution in [1.29, 1.82) is 0 Å². The summed E-state index contributed by atoms with van der Waals surface area (Å²) in [7, 11) is 0. The van der Waals surface area contributed by atoms with Crippen LogP contribution in [-0.2, 0) is 18.9 Å². The molecular weight excluding hydrogens is 332 g/mol. The molecule has 0 radical (unpaired) electrons. The molecule has 6 atom stereocenters. The molecule has 6 unspecified atom stereocenters. The van der Waals surface area contributed by atoms with Crippen molar-refractivity contribution in [2.24, 2.45) is 0 Å². The van der Waals surface area contributed by atoms with Gasteiger partial charge in [-0.05, 0) is 26.7 Å². The van der Waals surface area contributed by atoms with Crippen LogP contribution in [0.3, 0.4) is 0 Å². The zero-order chi connectivity index (χ0) is 17.8. The van der Waals surface area contributed by atoms with Gasteiger partial charge >= 0.3 is 0 Å². The normalized spacial score (nSPS) is 46.0. The van der Waals surface area contributed by atoms with E-state index in [1.165, 1.54) is 0 Å². The molecule has 0 aromatic rings. The molecule has 0 bridgehead atoms. The van der Waals surface area contributed by atoms with E-state index in [0.717, 1.165) is 65.4 Å². The maximum atomic E-state index is 5.55. The Balaban J connectivity index is 1.33. The highest BCUT2D eigenvalue weighted by Gasteiger charge is 2.48. The number of epoxide rings is 4. The van der Waals surface area contributed by atoms with Crippen molar-refractivity contribution in [2.75, 3.05) is 52.6 Å². The predicted molar refractivity (Wildman–Crippen MR) is 97.3 cm³/mol. The van der Waals surface area contributed by atoms with E-state index in [1.807, 2.05) is 0 Å². The van der Waals surface area contributed by atoms with Gasteiger partial charge in [0.2, 0.25) is 0 Å². The van der Waals surface area contributed by atoms with Crippen LogP contribution < -0.4 is 0 Å². The number of nitrogens with zero attached hydrogens (tertiary/aromatic N) is 2. The van der Waals surface area contributed by atoms with Crippen molar-refractivity contribution in [2.45, 2.75) is 62.2 Å². The topological polar surface area (TPSA) is 56.6 Å². The van der Waals surface area contributed by atoms with Gasteiger partial charge in [0.1, 0.15) is 0 Å². The Labute approximate surface area is 156 Å². The van der Waals surface area contributed by atoms with Gasteiger partial charge in [-0.2, -0.15) is 0 Å². The third kappa shape index (κ3) is 4.16. The summed E-state index contributed by atoms with van der Waals surface area (Å²) in [5.74, 6) is 0. The molecule has 0 aromatic heterocycles. The first kappa shape index (κ1) is 17.6. The fraction of sp³-hybridized carbons (Fsp3) is 0.900. The smallest absolute Gasteiger partial charge is 0.0936 e. The van der Waals surface area contributed by atoms with Gasteiger partial charge in [-0.15, -0.1) is 0 Å². The number of hydrogen-bond acceptors (Lipinski definition) is 6. The second-order valence-corrected chi connectivity index (χ2v) is 9.27. The van der Waals surface area contributed by atoms with E-state index in [9.17, 15) is 0 Å². The average molecular weight is 364 g/mol. The summed E-state index contributed by atoms with van der Waals surface area (Å²) in [6.45, 7) is 12.5. The van der Waals surface area contributed by atoms with E-state index in [-0.39, 0.29) is 11.1 Å². The second-order valence-electron chi connectivity index (χ2n) is 9.27. The Morgan fingerprint density at radius 3 is 1.62 bits per heavy atom. The van der Waals surface area contributed by atoms with Gasteiger partial charge in [0.25, 0.3) is 0 Å². The summed E-state index contributed by atoms with van der Waals surface area (Å²) < 4.78 is 22.2. The van der Waals surface area contributed by atoms with Crippen LogP contribution in [0.4, 0.5) is 0 Å². The zero-order valence-electron chi connectivity index (χ0n) is 16.1. The molecule has 0 spiro atoms. The summed E-state index contributed by atoms with van der Waals surface area (Å²) in [5, 5.41) is 0. The Hall–Kier alpha value is -0.500. The largest absolute Gasteiger partial charge is 0.372 e. The van der Waals surface area contributed by atoms with Crippen LogP contribution in [-0.4, -0.2) is 97.9 Å². The summed E-state index contributed by atoms with van der Waals surface area (Å²) >= 11 is 0. The van der Waals surface area contributed by atoms with Crippen molar-refractivity contribution >= 4 is 0 Å². The third-order valence-corrected chi connectivity index (χ3v) is 6.56. The van der Waals surface area contributed by atoms with E-state index in [4.69, 9.17) is 18.9 Å². The first-order valence-corrected chi connectivity index (χ1v) is 10.2. The van der Waals surface area contributed by atoms with Gasteiger partial charge in [0.05, 0.1) is 50.8 Å². The fourth-order valence-electron chi connectivity index (χ4n) is 4.61. The van der Waals surface area contributed by atoms with Crippen LogP contribution in [0.5, 0.6) is 0 Å². The lowest BCUT2D eigenvalue weighted by Gasteiger charge is -2.51. The summed E-state index contributed by atoms with van der Waals surface area (Å²) in [6.07, 6.45) is 8.68. The molecule has 4 saturated heterocycles. The minimum Gasteiger partial charge on any atom is -0.372 e. The Morgan fingerprint density at radius 2 is 1.19 bits per heavy atom. The molecule has 0 amide bonds. The summed E-state index contributed by atoms with van der Waals surface area (Å²) in [5.41, 5.74) is 0.173. The van der Waals surface area contributed by atoms with E-state index < -0.39 is 0 Å². The molecule has 5 rings (SSSR count). The van der Waals surface area contributed by atoms with Crippen molar-refractivity contribution < 1.29 is 18.9 Å². The SMILES string of the molecule is CC1(N(CC2CO2)CC2CO2)C=CCC(C)(N(CC2CO2)CC2CO2)C1. The van der Waals surface area contributed by atoms with E-state index in [1.54, 1.807) is 0 Å². The highest BCUT2D eigenvalue weighted by atomic mass is 16.6. The van der Waals surface area contributed by atoms with Crippen LogP contribution in [0, 0.1) is 0 Å². The van der Waals surface area contributed by atoms with Crippen molar-refractivity contribution in [3.05, 3.63) is 12.2 Å². The van der Waals surface area contributed by atoms with E-state index in [2.05, 4.69) is 35.8 Å². The van der Waals surface area contributed by atoms with Crippen LogP contribution in [0.2, 0.25) is 0 Å². The first-order valence-electron chi connectivity index (χ1n) is 10.2. The molecule has 5 aliphatic rings. The molecular formula is C20H32N2O4. The maximum Gasteiger partial charge on any atom is 0.0936 e. The quantitative estimate of drug-likeness (QED) is 0.427. The number of hydrogen-bond donors (Lipinski definition) is 0. The number of rotatable bonds is 10. The van der Waals surface area contributed by atoms with E-state index in [0.29, 0.717) is 24.4 Å². The molecule has 0 saturated carbocycles. The highest BCUT2D eigenvalue weighted by Crippen LogP contribution is 2.40. The maximum absolute atomic E-state index is 5.55. The molecule has 26 heavy (non-hydrogen) atoms. The van der Waals surface area contributed by atoms with Crippen LogP contribution in [0.15, 0.2) is 12.2 Å². The molecule has 0 aromatic carbocycles. The summed E-state index contributed by atoms with van der Waals surface area (Å²) in [6, 6.07) is 0. The van der Waals surface area contributed by atoms with Crippen molar-refractivity contribution in [1.82, 2.24) is 9.80 Å². The molecule has 1 aliphatic carbocycles. The highest BCUT2D eigenvalue weighted by molar-refractivity contribution is 5.17. The molecule has 4 aliphatic heterocycles. The molecule has 4 heterocycles. The average Bonchev–Trinajstić information content (AvgIpc) is 3.43. The lowest BCUT2D eigenvalue weighted by molar-refractivity contribution is 0.0143. The van der Waals surface area contributed by atoms with Crippen molar-refractivity contribution in [3.8, 4) is 0 Å². The van der Waals surface area contributed by atoms with Gasteiger partial charge < -0.3 is 18.9 Å². The predicted octanol–water partition coefficient (Wildman–Crippen LogP) is 1.05. The molecule has 4 fully saturated rings. The number of ether oxygens (including phenoxy) is 4. The van der Waals surface area contributed by atoms with Gasteiger partial charge in [-0.3, -0.25) is 9.80 Å². The Morgan fingerprint density at radius 1 is 0.769 bits per heavy atom. The van der Waals surface area contributed by atoms with Gasteiger partial charge in [-0.1, -0.05) is 12.2 Å². The first-order chi connectivity index (χ1) is 12.5. The zero-order valence-corrected chi connectivity index (χ0v) is 16.1. The minimum atomic E-state index is 0.0396. The minimum absolute atomic E-state index is 0.0396. The van der Waals surface area contributed by atoms with Crippen molar-refractivity contribution in [3.63, 3.8) is 0 Å². The van der Waals surface area contributed by atoms with E-state index >= 15 is 0 Å². The van der Waals surface area contributed by atoms with Gasteiger partial charge in [-0.25, -0.2) is 0 Å². The van der Waals surface area contributed by atoms with Crippen LogP contribution >= 0.6 is 0 Å². The Bertz CT molecular complexity index is 528. The molecule has 0 N–H and O–H groups in total. The fourth-order valence-corrected chi connectivity index (χ4v) is 4.61. The molecule has 6 heteroatoms. The van der Waals surface area contributed by atoms with Gasteiger partial charge in [0, 0.05) is 37.3 Å². The Kier molecular flexibility index (Phi) is 4.42. The molecule has 6 nitrogen and oxygen atoms in total. The molecule has 146 valence electrons. The van der Waals surface area contributed by atoms with Crippen LogP contribution in [0.1, 0.15) is 26.7 Å². The summed E-state index contributed by atoms with van der Waals surface area (Å²) in [4.78, 5) is 5.25. The van der Waals surface area contributed by atoms with Crippen LogP contribution in [0.25, 0.3) is 0 Å². The van der Waals surface area contributed by atoms with Gasteiger partial charge in [0.15, 0.2) is 0 Å². The third-order valence-electron chi connectivity index (χ3n) is 6.56.